The molecule has 0 amide bonds. The Morgan fingerprint density at radius 3 is 0.486 bits per heavy atom. The summed E-state index contributed by atoms with van der Waals surface area (Å²) in [6.07, 6.45) is 0. The molecule has 0 unspecified atom stereocenters. The van der Waals surface area contributed by atoms with Gasteiger partial charge in [0, 0.05) is 21.5 Å². The molecule has 0 radical (unpaired) electrons. The van der Waals surface area contributed by atoms with Crippen LogP contribution in [0.15, 0.2) is 0 Å². The van der Waals surface area contributed by atoms with Crippen molar-refractivity contribution in [3.05, 3.63) is 19.5 Å². The van der Waals surface area contributed by atoms with Crippen LogP contribution in [0.3, 0.4) is 0 Å². The van der Waals surface area contributed by atoms with Crippen molar-refractivity contribution in [1.82, 2.24) is 0 Å². The lowest BCUT2D eigenvalue weighted by Gasteiger charge is -2.38. The molecule has 0 fully saturated rings. The Hall–Kier alpha value is -1.65. The Kier molecular flexibility index (Phi) is 16.4. The summed E-state index contributed by atoms with van der Waals surface area (Å²) < 4.78 is 11.1. The minimum atomic E-state index is -2.01. The lowest BCUT2D eigenvalue weighted by atomic mass is 10.1. The molecule has 0 aliphatic rings. The van der Waals surface area contributed by atoms with Crippen molar-refractivity contribution in [1.29, 1.82) is 0 Å². The average Bonchev–Trinajstić information content (AvgIpc) is 4.07. The van der Waals surface area contributed by atoms with Gasteiger partial charge in [0.25, 0.3) is 0 Å². The van der Waals surface area contributed by atoms with Gasteiger partial charge in [0.2, 0.25) is 0 Å². The van der Waals surface area contributed by atoms with E-state index in [1.54, 1.807) is 0 Å². The van der Waals surface area contributed by atoms with Gasteiger partial charge in [0.1, 0.15) is 32.3 Å². The van der Waals surface area contributed by atoms with E-state index in [2.05, 4.69) is 212 Å². The van der Waals surface area contributed by atoms with Crippen molar-refractivity contribution in [2.75, 3.05) is 0 Å². The van der Waals surface area contributed by atoms with E-state index < -0.39 is 32.3 Å². The molecule has 0 spiro atoms. The lowest BCUT2D eigenvalue weighted by Crippen LogP contribution is -2.43. The Labute approximate surface area is 453 Å². The molecule has 0 N–H and O–H groups in total. The van der Waals surface area contributed by atoms with Crippen molar-refractivity contribution in [3.63, 3.8) is 0 Å². The summed E-state index contributed by atoms with van der Waals surface area (Å²) in [6, 6.07) is 0. The number of thiophene rings is 6. The van der Waals surface area contributed by atoms with Crippen LogP contribution in [0, 0.1) is 45.9 Å². The number of fused-ring (bicyclic) bond motifs is 2. The third-order valence-electron chi connectivity index (χ3n) is 17.8. The molecule has 376 valence electrons. The van der Waals surface area contributed by atoms with Gasteiger partial charge in [0.05, 0.1) is 57.1 Å². The van der Waals surface area contributed by atoms with E-state index in [1.165, 1.54) is 78.7 Å². The summed E-state index contributed by atoms with van der Waals surface area (Å²) in [5.41, 5.74) is 23.7. The van der Waals surface area contributed by atoms with Crippen LogP contribution in [0.25, 0.3) is 59.1 Å². The van der Waals surface area contributed by atoms with Crippen molar-refractivity contribution in [2.24, 2.45) is 0 Å². The standard InChI is InChI=1S/C60H84S6Si4/c1-33(2)67(34(3)4,35(5)6)29-25-45-53-49-50-54(65-53)46(26-30-68(36(7)8,37(9)10)38(11)12)63-59(50)60-52-51-55(66-56(52)48(64-60)28-32-70(42(19)20,43(21)22)44(23)24)47(62-58(51)57(49)61-45)27-31-69(39(13)14,40(15)16)41(17)18/h33-44H,1-24H3. The van der Waals surface area contributed by atoms with Gasteiger partial charge in [0.15, 0.2) is 0 Å². The highest BCUT2D eigenvalue weighted by atomic mass is 32.1. The third-order valence-corrected chi connectivity index (χ3v) is 50.7. The largest absolute Gasteiger partial charge is 0.146 e. The first-order chi connectivity index (χ1) is 32.6. The normalized spacial score (nSPS) is 13.7. The van der Waals surface area contributed by atoms with E-state index in [1.807, 2.05) is 68.0 Å². The predicted octanol–water partition coefficient (Wildman–Crippen LogP) is 22.7. The molecule has 1 aromatic carbocycles. The molecule has 0 saturated heterocycles. The van der Waals surface area contributed by atoms with Crippen LogP contribution in [-0.4, -0.2) is 32.3 Å². The molecule has 7 aromatic rings. The summed E-state index contributed by atoms with van der Waals surface area (Å²) >= 11 is 11.9. The summed E-state index contributed by atoms with van der Waals surface area (Å²) in [5, 5.41) is 5.70. The predicted molar refractivity (Wildman–Crippen MR) is 342 cm³/mol. The molecule has 70 heavy (non-hydrogen) atoms. The van der Waals surface area contributed by atoms with Crippen LogP contribution < -0.4 is 0 Å². The van der Waals surface area contributed by atoms with Crippen molar-refractivity contribution in [3.8, 4) is 45.9 Å². The SMILES string of the molecule is CC(C)[Si](C#Cc1sc2c3sc(C#C[Si](C(C)C)(C(C)C)C(C)C)c4sc5c(C#C[Si](C(C)C)(C(C)C)C(C)C)sc(c6sc(C#C[Si](C(C)C)(C(C)C)C(C)C)c7sc1c2c76)c5c43)(C(C)C)C(C)C. The van der Waals surface area contributed by atoms with Gasteiger partial charge >= 0.3 is 0 Å². The van der Waals surface area contributed by atoms with Gasteiger partial charge in [-0.2, -0.15) is 0 Å². The Morgan fingerprint density at radius 2 is 0.357 bits per heavy atom. The van der Waals surface area contributed by atoms with E-state index in [-0.39, 0.29) is 0 Å². The maximum atomic E-state index is 4.21. The highest BCUT2D eigenvalue weighted by molar-refractivity contribution is 7.41. The van der Waals surface area contributed by atoms with Gasteiger partial charge in [-0.1, -0.05) is 190 Å². The third kappa shape index (κ3) is 8.52. The molecule has 0 aliphatic carbocycles. The zero-order chi connectivity index (χ0) is 52.1. The molecule has 0 bridgehead atoms. The molecule has 6 heterocycles. The fourth-order valence-electron chi connectivity index (χ4n) is 14.5. The quantitative estimate of drug-likeness (QED) is 0.0845. The molecule has 6 aromatic heterocycles. The molecule has 7 rings (SSSR count). The van der Waals surface area contributed by atoms with Crippen molar-refractivity contribution in [2.45, 2.75) is 233 Å². The summed E-state index contributed by atoms with van der Waals surface area (Å²) in [4.78, 5) is 5.04. The van der Waals surface area contributed by atoms with Crippen molar-refractivity contribution >= 4 is 159 Å². The van der Waals surface area contributed by atoms with Crippen LogP contribution >= 0.6 is 68.0 Å². The van der Waals surface area contributed by atoms with Crippen LogP contribution in [-0.2, 0) is 0 Å². The summed E-state index contributed by atoms with van der Waals surface area (Å²) in [5.74, 6) is 16.3. The number of hydrogen-bond donors (Lipinski definition) is 0. The maximum absolute atomic E-state index is 4.21. The highest BCUT2D eigenvalue weighted by Gasteiger charge is 2.45. The molecule has 0 aliphatic heterocycles. The first kappa shape index (κ1) is 56.1. The van der Waals surface area contributed by atoms with Gasteiger partial charge in [-0.3, -0.25) is 0 Å². The van der Waals surface area contributed by atoms with Crippen LogP contribution in [0.1, 0.15) is 186 Å². The fraction of sp³-hybridized carbons (Fsp3) is 0.600. The molecule has 10 heteroatoms. The summed E-state index contributed by atoms with van der Waals surface area (Å²) in [6.45, 7) is 58.7. The second-order valence-electron chi connectivity index (χ2n) is 24.7. The first-order valence-electron chi connectivity index (χ1n) is 26.8. The smallest absolute Gasteiger partial charge is 0.131 e. The molecule has 0 saturated carbocycles. The minimum Gasteiger partial charge on any atom is -0.131 e. The first-order valence-corrected chi connectivity index (χ1v) is 40.6. The van der Waals surface area contributed by atoms with Gasteiger partial charge in [-0.25, -0.2) is 0 Å². The molecular formula is C60H84S6Si4. The van der Waals surface area contributed by atoms with Crippen molar-refractivity contribution < 1.29 is 0 Å². The lowest BCUT2D eigenvalue weighted by molar-refractivity contribution is 0.838. The molecule has 0 nitrogen and oxygen atoms in total. The van der Waals surface area contributed by atoms with Gasteiger partial charge < -0.3 is 0 Å². The Morgan fingerprint density at radius 1 is 0.214 bits per heavy atom. The Balaban J connectivity index is 1.74. The maximum Gasteiger partial charge on any atom is 0.146 e. The molecular weight excluding hydrogens is 1030 g/mol. The van der Waals surface area contributed by atoms with Crippen LogP contribution in [0.4, 0.5) is 0 Å². The molecule has 0 atom stereocenters. The van der Waals surface area contributed by atoms with Crippen LogP contribution in [0.5, 0.6) is 0 Å². The zero-order valence-electron chi connectivity index (χ0n) is 47.4. The fourth-order valence-corrected chi connectivity index (χ4v) is 43.7. The van der Waals surface area contributed by atoms with E-state index in [0.29, 0.717) is 66.5 Å². The monoisotopic (exact) mass is 1110 g/mol. The number of hydrogen-bond acceptors (Lipinski definition) is 6. The van der Waals surface area contributed by atoms with E-state index in [0.717, 1.165) is 0 Å². The second kappa shape index (κ2) is 20.5. The second-order valence-corrected chi connectivity index (χ2v) is 53.1. The zero-order valence-corrected chi connectivity index (χ0v) is 56.3. The number of rotatable bonds is 12. The van der Waals surface area contributed by atoms with E-state index in [4.69, 9.17) is 0 Å². The van der Waals surface area contributed by atoms with Gasteiger partial charge in [-0.15, -0.1) is 90.2 Å². The van der Waals surface area contributed by atoms with Crippen LogP contribution in [0.2, 0.25) is 66.5 Å². The van der Waals surface area contributed by atoms with E-state index >= 15 is 0 Å². The van der Waals surface area contributed by atoms with E-state index in [9.17, 15) is 0 Å². The topological polar surface area (TPSA) is 0 Å². The highest BCUT2D eigenvalue weighted by Crippen LogP contribution is 2.59. The van der Waals surface area contributed by atoms with Gasteiger partial charge in [-0.05, 0) is 66.5 Å². The minimum absolute atomic E-state index is 0.572. The summed E-state index contributed by atoms with van der Waals surface area (Å²) in [7, 11) is -8.04. The Bertz CT molecular complexity index is 2780. The average molecular weight is 1110 g/mol.